The van der Waals surface area contributed by atoms with Crippen LogP contribution in [0, 0.1) is 0 Å². The number of allylic oxidation sites excluding steroid dienone is 2. The molecule has 0 fully saturated rings. The van der Waals surface area contributed by atoms with Crippen LogP contribution in [0.3, 0.4) is 0 Å². The van der Waals surface area contributed by atoms with Crippen LogP contribution in [-0.4, -0.2) is 40.1 Å². The Morgan fingerprint density at radius 2 is 1.45 bits per heavy atom. The number of hydrogen-bond donors (Lipinski definition) is 4. The van der Waals surface area contributed by atoms with E-state index in [-0.39, 0.29) is 12.5 Å². The molecule has 0 spiro atoms. The van der Waals surface area contributed by atoms with Gasteiger partial charge in [-0.1, -0.05) is 70.4 Å². The van der Waals surface area contributed by atoms with Gasteiger partial charge in [-0.3, -0.25) is 9.32 Å². The molecule has 29 heavy (non-hydrogen) atoms. The summed E-state index contributed by atoms with van der Waals surface area (Å²) in [5.41, 5.74) is 0. The number of rotatable bonds is 20. The number of amides is 1. The number of aliphatic hydroxyl groups is 1. The van der Waals surface area contributed by atoms with Gasteiger partial charge in [0, 0.05) is 13.0 Å². The van der Waals surface area contributed by atoms with Crippen LogP contribution in [0.15, 0.2) is 12.2 Å². The number of phosphoric acid groups is 1. The van der Waals surface area contributed by atoms with E-state index in [1.807, 2.05) is 0 Å². The van der Waals surface area contributed by atoms with Crippen LogP contribution in [0.2, 0.25) is 0 Å². The third-order valence-electron chi connectivity index (χ3n) is 4.64. The molecule has 8 heteroatoms. The molecule has 0 rings (SSSR count). The molecular formula is C21H42NO6P. The van der Waals surface area contributed by atoms with E-state index < -0.39 is 20.5 Å². The van der Waals surface area contributed by atoms with Crippen LogP contribution >= 0.6 is 7.82 Å². The zero-order valence-corrected chi connectivity index (χ0v) is 19.0. The maximum Gasteiger partial charge on any atom is 0.469 e. The van der Waals surface area contributed by atoms with E-state index in [1.54, 1.807) is 0 Å². The predicted octanol–water partition coefficient (Wildman–Crippen LogP) is 4.61. The molecule has 0 saturated carbocycles. The molecule has 0 aliphatic heterocycles. The van der Waals surface area contributed by atoms with Gasteiger partial charge in [0.05, 0.1) is 12.7 Å². The zero-order chi connectivity index (χ0) is 21.8. The average molecular weight is 436 g/mol. The fraction of sp³-hybridized carbons (Fsp3) is 0.857. The Balaban J connectivity index is 3.38. The van der Waals surface area contributed by atoms with Crippen LogP contribution in [0.25, 0.3) is 0 Å². The summed E-state index contributed by atoms with van der Waals surface area (Å²) >= 11 is 0. The van der Waals surface area contributed by atoms with Crippen LogP contribution in [0.4, 0.5) is 0 Å². The van der Waals surface area contributed by atoms with Gasteiger partial charge in [0.2, 0.25) is 5.91 Å². The van der Waals surface area contributed by atoms with Crippen molar-refractivity contribution in [1.29, 1.82) is 0 Å². The van der Waals surface area contributed by atoms with Crippen molar-refractivity contribution >= 4 is 13.7 Å². The number of carbonyl (C=O) groups excluding carboxylic acids is 1. The first-order chi connectivity index (χ1) is 13.8. The van der Waals surface area contributed by atoms with Crippen LogP contribution in [-0.2, 0) is 13.9 Å². The standard InChI is InChI=1S/C21H42NO6P/c1-2-3-4-5-6-7-8-9-10-11-12-13-14-15-16-17-21(24)22-18-20(23)19-28-29(25,26)27/h9-10,20,23H,2-8,11-19H2,1H3,(H,22,24)(H2,25,26,27)/b10-9+/t20-/m0/s1. The highest BCUT2D eigenvalue weighted by atomic mass is 31.2. The molecule has 0 heterocycles. The van der Waals surface area contributed by atoms with Gasteiger partial charge in [0.15, 0.2) is 0 Å². The Bertz CT molecular complexity index is 466. The van der Waals surface area contributed by atoms with Crippen LogP contribution < -0.4 is 5.32 Å². The number of carbonyl (C=O) groups is 1. The number of hydrogen-bond acceptors (Lipinski definition) is 4. The van der Waals surface area contributed by atoms with Crippen molar-refractivity contribution in [1.82, 2.24) is 5.32 Å². The van der Waals surface area contributed by atoms with E-state index in [0.717, 1.165) is 25.7 Å². The van der Waals surface area contributed by atoms with Crippen molar-refractivity contribution in [2.75, 3.05) is 13.2 Å². The van der Waals surface area contributed by atoms with Gasteiger partial charge in [0.1, 0.15) is 0 Å². The van der Waals surface area contributed by atoms with Crippen molar-refractivity contribution in [2.24, 2.45) is 0 Å². The van der Waals surface area contributed by atoms with Gasteiger partial charge < -0.3 is 20.2 Å². The van der Waals surface area contributed by atoms with E-state index in [4.69, 9.17) is 9.79 Å². The Morgan fingerprint density at radius 3 is 2.00 bits per heavy atom. The molecule has 1 atom stereocenters. The summed E-state index contributed by atoms with van der Waals surface area (Å²) in [7, 11) is -4.59. The van der Waals surface area contributed by atoms with Gasteiger partial charge >= 0.3 is 7.82 Å². The summed E-state index contributed by atoms with van der Waals surface area (Å²) in [5, 5.41) is 12.0. The lowest BCUT2D eigenvalue weighted by atomic mass is 10.1. The fourth-order valence-electron chi connectivity index (χ4n) is 2.92. The lowest BCUT2D eigenvalue weighted by Gasteiger charge is -2.12. The summed E-state index contributed by atoms with van der Waals surface area (Å²) in [6.07, 6.45) is 19.5. The predicted molar refractivity (Wildman–Crippen MR) is 116 cm³/mol. The minimum absolute atomic E-state index is 0.0795. The lowest BCUT2D eigenvalue weighted by Crippen LogP contribution is -2.34. The van der Waals surface area contributed by atoms with E-state index in [2.05, 4.69) is 28.9 Å². The van der Waals surface area contributed by atoms with Crippen molar-refractivity contribution in [3.8, 4) is 0 Å². The van der Waals surface area contributed by atoms with E-state index >= 15 is 0 Å². The largest absolute Gasteiger partial charge is 0.469 e. The highest BCUT2D eigenvalue weighted by molar-refractivity contribution is 7.46. The molecule has 1 amide bonds. The topological polar surface area (TPSA) is 116 Å². The molecule has 4 N–H and O–H groups in total. The number of unbranched alkanes of at least 4 members (excludes halogenated alkanes) is 11. The molecule has 0 saturated heterocycles. The monoisotopic (exact) mass is 435 g/mol. The van der Waals surface area contributed by atoms with Crippen molar-refractivity contribution in [2.45, 2.75) is 103 Å². The smallest absolute Gasteiger partial charge is 0.389 e. The molecule has 172 valence electrons. The molecule has 0 radical (unpaired) electrons. The summed E-state index contributed by atoms with van der Waals surface area (Å²) in [6.45, 7) is 1.65. The zero-order valence-electron chi connectivity index (χ0n) is 18.1. The van der Waals surface area contributed by atoms with Crippen LogP contribution in [0.1, 0.15) is 96.8 Å². The van der Waals surface area contributed by atoms with Gasteiger partial charge in [-0.25, -0.2) is 4.57 Å². The first-order valence-corrected chi connectivity index (χ1v) is 12.7. The van der Waals surface area contributed by atoms with E-state index in [9.17, 15) is 14.5 Å². The van der Waals surface area contributed by atoms with Gasteiger partial charge in [-0.2, -0.15) is 0 Å². The molecule has 0 aromatic heterocycles. The maximum absolute atomic E-state index is 11.7. The van der Waals surface area contributed by atoms with Gasteiger partial charge in [0.25, 0.3) is 0 Å². The average Bonchev–Trinajstić information content (AvgIpc) is 2.67. The second kappa shape index (κ2) is 19.3. The van der Waals surface area contributed by atoms with Crippen LogP contribution in [0.5, 0.6) is 0 Å². The minimum atomic E-state index is -4.59. The molecule has 0 aromatic rings. The number of aliphatic hydroxyl groups excluding tert-OH is 1. The van der Waals surface area contributed by atoms with Crippen molar-refractivity contribution in [3.05, 3.63) is 12.2 Å². The Morgan fingerprint density at radius 1 is 0.931 bits per heavy atom. The molecule has 0 aromatic carbocycles. The Labute approximate surface area is 176 Å². The minimum Gasteiger partial charge on any atom is -0.389 e. The fourth-order valence-corrected chi connectivity index (χ4v) is 3.28. The second-order valence-corrected chi connectivity index (χ2v) is 8.82. The summed E-state index contributed by atoms with van der Waals surface area (Å²) < 4.78 is 14.7. The first kappa shape index (κ1) is 28.3. The lowest BCUT2D eigenvalue weighted by molar-refractivity contribution is -0.121. The summed E-state index contributed by atoms with van der Waals surface area (Å²) in [6, 6.07) is 0. The van der Waals surface area contributed by atoms with Crippen molar-refractivity contribution < 1.29 is 28.8 Å². The second-order valence-electron chi connectivity index (χ2n) is 7.58. The quantitative estimate of drug-likeness (QED) is 0.126. The highest BCUT2D eigenvalue weighted by Gasteiger charge is 2.17. The third kappa shape index (κ3) is 23.4. The highest BCUT2D eigenvalue weighted by Crippen LogP contribution is 2.35. The van der Waals surface area contributed by atoms with E-state index in [1.165, 1.54) is 57.8 Å². The molecule has 0 unspecified atom stereocenters. The number of phosphoric ester groups is 1. The molecular weight excluding hydrogens is 393 g/mol. The Hall–Kier alpha value is -0.720. The van der Waals surface area contributed by atoms with Gasteiger partial charge in [-0.15, -0.1) is 0 Å². The SMILES string of the molecule is CCCCCCCC/C=C/CCCCCCCC(=O)NC[C@H](O)COP(=O)(O)O. The van der Waals surface area contributed by atoms with Crippen molar-refractivity contribution in [3.63, 3.8) is 0 Å². The maximum atomic E-state index is 11.7. The molecule has 0 bridgehead atoms. The third-order valence-corrected chi connectivity index (χ3v) is 5.12. The van der Waals surface area contributed by atoms with E-state index in [0.29, 0.717) is 6.42 Å². The molecule has 0 aliphatic carbocycles. The Kier molecular flexibility index (Phi) is 18.8. The van der Waals surface area contributed by atoms with Gasteiger partial charge in [-0.05, 0) is 32.1 Å². The molecule has 7 nitrogen and oxygen atoms in total. The molecule has 0 aliphatic rings. The summed E-state index contributed by atoms with van der Waals surface area (Å²) in [4.78, 5) is 28.7. The summed E-state index contributed by atoms with van der Waals surface area (Å²) in [5.74, 6) is -0.169. The number of nitrogens with one attached hydrogen (secondary N) is 1. The normalized spacial score (nSPS) is 13.1. The first-order valence-electron chi connectivity index (χ1n) is 11.1.